The van der Waals surface area contributed by atoms with Crippen LogP contribution in [0.5, 0.6) is 11.5 Å². The summed E-state index contributed by atoms with van der Waals surface area (Å²) in [5.74, 6) is 0.370. The Balaban J connectivity index is 1.68. The van der Waals surface area contributed by atoms with E-state index in [9.17, 15) is 8.78 Å². The van der Waals surface area contributed by atoms with Crippen molar-refractivity contribution in [3.63, 3.8) is 0 Å². The Morgan fingerprint density at radius 3 is 2.48 bits per heavy atom. The SMILES string of the molecule is COc1ccc(OC)c(N2CCc3[nH]c(-c4c(F)cccc4F)cc3C2)c1. The van der Waals surface area contributed by atoms with E-state index in [0.717, 1.165) is 41.4 Å². The van der Waals surface area contributed by atoms with Crippen LogP contribution in [-0.4, -0.2) is 25.7 Å². The van der Waals surface area contributed by atoms with Crippen molar-refractivity contribution in [1.29, 1.82) is 0 Å². The van der Waals surface area contributed by atoms with Gasteiger partial charge in [0.05, 0.1) is 31.2 Å². The lowest BCUT2D eigenvalue weighted by molar-refractivity contribution is 0.402. The van der Waals surface area contributed by atoms with Crippen molar-refractivity contribution >= 4 is 5.69 Å². The van der Waals surface area contributed by atoms with Gasteiger partial charge in [-0.25, -0.2) is 8.78 Å². The molecule has 1 aliphatic rings. The van der Waals surface area contributed by atoms with Crippen LogP contribution in [0.4, 0.5) is 14.5 Å². The Morgan fingerprint density at radius 1 is 1.00 bits per heavy atom. The Hall–Kier alpha value is -3.02. The van der Waals surface area contributed by atoms with E-state index in [1.807, 2.05) is 24.3 Å². The molecule has 0 saturated carbocycles. The molecule has 0 unspecified atom stereocenters. The van der Waals surface area contributed by atoms with Gasteiger partial charge < -0.3 is 19.4 Å². The number of hydrogen-bond donors (Lipinski definition) is 1. The fraction of sp³-hybridized carbons (Fsp3) is 0.238. The second-order valence-corrected chi connectivity index (χ2v) is 6.49. The molecule has 0 bridgehead atoms. The van der Waals surface area contributed by atoms with E-state index in [1.54, 1.807) is 14.2 Å². The van der Waals surface area contributed by atoms with Gasteiger partial charge in [-0.05, 0) is 35.9 Å². The first-order chi connectivity index (χ1) is 13.1. The van der Waals surface area contributed by atoms with Gasteiger partial charge in [0.1, 0.15) is 23.1 Å². The van der Waals surface area contributed by atoms with Crippen LogP contribution in [0.1, 0.15) is 11.3 Å². The van der Waals surface area contributed by atoms with Crippen LogP contribution in [0.25, 0.3) is 11.3 Å². The van der Waals surface area contributed by atoms with E-state index in [0.29, 0.717) is 12.2 Å². The summed E-state index contributed by atoms with van der Waals surface area (Å²) in [6, 6.07) is 11.4. The average molecular weight is 370 g/mol. The Bertz CT molecular complexity index is 964. The number of aromatic amines is 1. The lowest BCUT2D eigenvalue weighted by Crippen LogP contribution is -2.30. The predicted octanol–water partition coefficient (Wildman–Crippen LogP) is 4.54. The van der Waals surface area contributed by atoms with E-state index in [1.165, 1.54) is 18.2 Å². The van der Waals surface area contributed by atoms with Crippen molar-refractivity contribution < 1.29 is 18.3 Å². The van der Waals surface area contributed by atoms with Gasteiger partial charge in [0.15, 0.2) is 0 Å². The van der Waals surface area contributed by atoms with Crippen molar-refractivity contribution in [2.45, 2.75) is 13.0 Å². The Labute approximate surface area is 156 Å². The summed E-state index contributed by atoms with van der Waals surface area (Å²) in [5.41, 5.74) is 3.41. The number of hydrogen-bond acceptors (Lipinski definition) is 3. The van der Waals surface area contributed by atoms with Gasteiger partial charge in [-0.2, -0.15) is 0 Å². The number of nitrogens with one attached hydrogen (secondary N) is 1. The zero-order valence-corrected chi connectivity index (χ0v) is 15.2. The number of benzene rings is 2. The number of anilines is 1. The van der Waals surface area contributed by atoms with Crippen molar-refractivity contribution in [2.75, 3.05) is 25.7 Å². The normalized spacial score (nSPS) is 13.4. The van der Waals surface area contributed by atoms with Gasteiger partial charge in [0.25, 0.3) is 0 Å². The maximum absolute atomic E-state index is 14.1. The highest BCUT2D eigenvalue weighted by atomic mass is 19.1. The zero-order valence-electron chi connectivity index (χ0n) is 15.2. The first-order valence-electron chi connectivity index (χ1n) is 8.73. The molecule has 2 aromatic carbocycles. The highest BCUT2D eigenvalue weighted by Crippen LogP contribution is 2.36. The van der Waals surface area contributed by atoms with E-state index in [2.05, 4.69) is 9.88 Å². The summed E-state index contributed by atoms with van der Waals surface area (Å²) in [4.78, 5) is 5.37. The molecule has 0 saturated heterocycles. The van der Waals surface area contributed by atoms with Crippen LogP contribution >= 0.6 is 0 Å². The minimum atomic E-state index is -0.570. The number of nitrogens with zero attached hydrogens (tertiary/aromatic N) is 1. The number of aromatic nitrogens is 1. The van der Waals surface area contributed by atoms with Crippen LogP contribution in [-0.2, 0) is 13.0 Å². The quantitative estimate of drug-likeness (QED) is 0.733. The minimum absolute atomic E-state index is 0.0163. The number of H-pyrrole nitrogens is 1. The number of ether oxygens (including phenoxy) is 2. The van der Waals surface area contributed by atoms with Crippen molar-refractivity contribution in [3.8, 4) is 22.8 Å². The molecule has 0 radical (unpaired) electrons. The third kappa shape index (κ3) is 3.12. The molecule has 3 aromatic rings. The fourth-order valence-corrected chi connectivity index (χ4v) is 3.58. The molecule has 0 aliphatic carbocycles. The first-order valence-corrected chi connectivity index (χ1v) is 8.73. The molecule has 27 heavy (non-hydrogen) atoms. The van der Waals surface area contributed by atoms with Crippen LogP contribution in [0, 0.1) is 11.6 Å². The number of rotatable bonds is 4. The van der Waals surface area contributed by atoms with Crippen LogP contribution in [0.15, 0.2) is 42.5 Å². The highest BCUT2D eigenvalue weighted by molar-refractivity contribution is 5.66. The van der Waals surface area contributed by atoms with Gasteiger partial charge in [0.2, 0.25) is 0 Å². The second kappa shape index (κ2) is 6.95. The standard InChI is InChI=1S/C21H20F2N2O2/c1-26-14-6-7-20(27-2)19(11-14)25-9-8-17-13(12-25)10-18(24-17)21-15(22)4-3-5-16(21)23/h3-7,10-11,24H,8-9,12H2,1-2H3. The molecule has 140 valence electrons. The molecule has 0 amide bonds. The molecule has 4 nitrogen and oxygen atoms in total. The van der Waals surface area contributed by atoms with Gasteiger partial charge in [-0.3, -0.25) is 0 Å². The Kier molecular flexibility index (Phi) is 4.48. The third-order valence-electron chi connectivity index (χ3n) is 4.94. The molecular weight excluding hydrogens is 350 g/mol. The molecule has 0 fully saturated rings. The van der Waals surface area contributed by atoms with Crippen LogP contribution in [0.2, 0.25) is 0 Å². The van der Waals surface area contributed by atoms with E-state index < -0.39 is 11.6 Å². The average Bonchev–Trinajstić information content (AvgIpc) is 3.10. The maximum Gasteiger partial charge on any atom is 0.142 e. The molecule has 4 rings (SSSR count). The number of fused-ring (bicyclic) bond motifs is 1. The lowest BCUT2D eigenvalue weighted by Gasteiger charge is -2.30. The molecule has 1 aliphatic heterocycles. The molecule has 2 heterocycles. The first kappa shape index (κ1) is 17.4. The van der Waals surface area contributed by atoms with Gasteiger partial charge in [0, 0.05) is 31.3 Å². The molecule has 0 atom stereocenters. The molecular formula is C21H20F2N2O2. The largest absolute Gasteiger partial charge is 0.497 e. The smallest absolute Gasteiger partial charge is 0.142 e. The number of methoxy groups -OCH3 is 2. The Morgan fingerprint density at radius 2 is 1.78 bits per heavy atom. The summed E-state index contributed by atoms with van der Waals surface area (Å²) >= 11 is 0. The molecule has 1 aromatic heterocycles. The summed E-state index contributed by atoms with van der Waals surface area (Å²) < 4.78 is 39.1. The van der Waals surface area contributed by atoms with Gasteiger partial charge in [-0.15, -0.1) is 0 Å². The van der Waals surface area contributed by atoms with E-state index in [-0.39, 0.29) is 5.56 Å². The number of halogens is 2. The third-order valence-corrected chi connectivity index (χ3v) is 4.94. The van der Waals surface area contributed by atoms with Crippen LogP contribution in [0.3, 0.4) is 0 Å². The topological polar surface area (TPSA) is 37.5 Å². The summed E-state index contributed by atoms with van der Waals surface area (Å²) in [5, 5.41) is 0. The lowest BCUT2D eigenvalue weighted by atomic mass is 10.1. The van der Waals surface area contributed by atoms with Gasteiger partial charge >= 0.3 is 0 Å². The zero-order chi connectivity index (χ0) is 19.0. The maximum atomic E-state index is 14.1. The minimum Gasteiger partial charge on any atom is -0.497 e. The molecule has 0 spiro atoms. The van der Waals surface area contributed by atoms with Gasteiger partial charge in [-0.1, -0.05) is 6.07 Å². The van der Waals surface area contributed by atoms with Crippen molar-refractivity contribution in [1.82, 2.24) is 4.98 Å². The fourth-order valence-electron chi connectivity index (χ4n) is 3.58. The van der Waals surface area contributed by atoms with E-state index >= 15 is 0 Å². The second-order valence-electron chi connectivity index (χ2n) is 6.49. The van der Waals surface area contributed by atoms with Crippen LogP contribution < -0.4 is 14.4 Å². The van der Waals surface area contributed by atoms with Crippen molar-refractivity contribution in [3.05, 3.63) is 65.4 Å². The van der Waals surface area contributed by atoms with E-state index in [4.69, 9.17) is 9.47 Å². The molecule has 1 N–H and O–H groups in total. The predicted molar refractivity (Wildman–Crippen MR) is 100 cm³/mol. The summed E-state index contributed by atoms with van der Waals surface area (Å²) in [6.45, 7) is 1.38. The van der Waals surface area contributed by atoms with Crippen molar-refractivity contribution in [2.24, 2.45) is 0 Å². The summed E-state index contributed by atoms with van der Waals surface area (Å²) in [6.07, 6.45) is 0.742. The summed E-state index contributed by atoms with van der Waals surface area (Å²) in [7, 11) is 3.26. The molecule has 6 heteroatoms. The monoisotopic (exact) mass is 370 g/mol. The highest BCUT2D eigenvalue weighted by Gasteiger charge is 2.23.